The molecule has 0 aliphatic carbocycles. The second kappa shape index (κ2) is 5.90. The summed E-state index contributed by atoms with van der Waals surface area (Å²) in [6.45, 7) is 5.34. The van der Waals surface area contributed by atoms with E-state index in [0.717, 1.165) is 0 Å². The van der Waals surface area contributed by atoms with Gasteiger partial charge in [0.05, 0.1) is 10.3 Å². The summed E-state index contributed by atoms with van der Waals surface area (Å²) in [5.74, 6) is -0.253. The van der Waals surface area contributed by atoms with Gasteiger partial charge in [0.2, 0.25) is 15.9 Å². The third-order valence-corrected chi connectivity index (χ3v) is 4.69. The Kier molecular flexibility index (Phi) is 4.90. The Morgan fingerprint density at radius 2 is 1.95 bits per heavy atom. The number of hydrogen-bond acceptors (Lipinski definition) is 4. The minimum Gasteiger partial charge on any atom is -0.329 e. The van der Waals surface area contributed by atoms with Crippen molar-refractivity contribution in [3.63, 3.8) is 0 Å². The van der Waals surface area contributed by atoms with Crippen LogP contribution >= 0.6 is 0 Å². The molecule has 112 valence electrons. The van der Waals surface area contributed by atoms with Gasteiger partial charge in [0.15, 0.2) is 0 Å². The first-order valence-electron chi connectivity index (χ1n) is 6.20. The highest BCUT2D eigenvalue weighted by molar-refractivity contribution is 7.89. The number of rotatable bonds is 5. The number of amides is 1. The van der Waals surface area contributed by atoms with Crippen molar-refractivity contribution in [1.82, 2.24) is 4.72 Å². The first-order valence-corrected chi connectivity index (χ1v) is 7.68. The van der Waals surface area contributed by atoms with Gasteiger partial charge in [0, 0.05) is 12.2 Å². The number of benzene rings is 1. The molecule has 0 unspecified atom stereocenters. The molecule has 0 heterocycles. The molecule has 1 rings (SSSR count). The first-order chi connectivity index (χ1) is 9.14. The maximum absolute atomic E-state index is 12.0. The lowest BCUT2D eigenvalue weighted by atomic mass is 9.92. The van der Waals surface area contributed by atoms with Gasteiger partial charge < -0.3 is 11.1 Å². The van der Waals surface area contributed by atoms with Crippen LogP contribution in [0.5, 0.6) is 0 Å². The lowest BCUT2D eigenvalue weighted by Gasteiger charge is -2.21. The van der Waals surface area contributed by atoms with E-state index >= 15 is 0 Å². The van der Waals surface area contributed by atoms with Crippen molar-refractivity contribution < 1.29 is 13.2 Å². The van der Waals surface area contributed by atoms with E-state index in [1.807, 2.05) is 0 Å². The summed E-state index contributed by atoms with van der Waals surface area (Å²) >= 11 is 0. The van der Waals surface area contributed by atoms with Crippen LogP contribution in [-0.4, -0.2) is 27.9 Å². The Labute approximate surface area is 119 Å². The van der Waals surface area contributed by atoms with Crippen LogP contribution in [0.1, 0.15) is 19.4 Å². The summed E-state index contributed by atoms with van der Waals surface area (Å²) in [5.41, 5.74) is 5.86. The number of anilines is 1. The van der Waals surface area contributed by atoms with E-state index in [4.69, 9.17) is 5.73 Å². The molecule has 6 nitrogen and oxygen atoms in total. The van der Waals surface area contributed by atoms with E-state index in [1.165, 1.54) is 13.1 Å². The fraction of sp³-hybridized carbons (Fsp3) is 0.462. The average molecular weight is 299 g/mol. The molecule has 4 N–H and O–H groups in total. The van der Waals surface area contributed by atoms with Crippen molar-refractivity contribution in [2.24, 2.45) is 11.1 Å². The molecule has 1 aromatic rings. The number of carbonyl (C=O) groups excluding carboxylic acids is 1. The largest absolute Gasteiger partial charge is 0.329 e. The molecule has 0 aliphatic heterocycles. The number of nitrogens with one attached hydrogen (secondary N) is 2. The SMILES string of the molecule is CNS(=O)(=O)c1cc(NC(=O)C(C)(C)CN)ccc1C. The summed E-state index contributed by atoms with van der Waals surface area (Å²) < 4.78 is 26.0. The third-order valence-electron chi connectivity index (χ3n) is 3.13. The van der Waals surface area contributed by atoms with E-state index in [2.05, 4.69) is 10.0 Å². The van der Waals surface area contributed by atoms with Crippen molar-refractivity contribution >= 4 is 21.6 Å². The normalized spacial score (nSPS) is 12.2. The zero-order valence-electron chi connectivity index (χ0n) is 12.1. The summed E-state index contributed by atoms with van der Waals surface area (Å²) in [6, 6.07) is 4.75. The molecule has 0 bridgehead atoms. The molecule has 7 heteroatoms. The van der Waals surface area contributed by atoms with E-state index < -0.39 is 15.4 Å². The van der Waals surface area contributed by atoms with Crippen molar-refractivity contribution in [2.45, 2.75) is 25.7 Å². The van der Waals surface area contributed by atoms with Crippen molar-refractivity contribution in [2.75, 3.05) is 18.9 Å². The topological polar surface area (TPSA) is 101 Å². The molecular formula is C13H21N3O3S. The van der Waals surface area contributed by atoms with Crippen LogP contribution < -0.4 is 15.8 Å². The molecule has 0 atom stereocenters. The van der Waals surface area contributed by atoms with Crippen molar-refractivity contribution in [3.05, 3.63) is 23.8 Å². The summed E-state index contributed by atoms with van der Waals surface area (Å²) in [7, 11) is -2.21. The molecule has 1 aromatic carbocycles. The quantitative estimate of drug-likeness (QED) is 0.749. The standard InChI is InChI=1S/C13H21N3O3S/c1-9-5-6-10(7-11(9)20(18,19)15-4)16-12(17)13(2,3)8-14/h5-7,15H,8,14H2,1-4H3,(H,16,17). The Bertz CT molecular complexity index is 609. The fourth-order valence-electron chi connectivity index (χ4n) is 1.47. The number of sulfonamides is 1. The highest BCUT2D eigenvalue weighted by Gasteiger charge is 2.26. The molecule has 0 spiro atoms. The Morgan fingerprint density at radius 3 is 2.45 bits per heavy atom. The number of nitrogens with two attached hydrogens (primary N) is 1. The smallest absolute Gasteiger partial charge is 0.240 e. The van der Waals surface area contributed by atoms with Gasteiger partial charge in [-0.2, -0.15) is 0 Å². The molecule has 0 aromatic heterocycles. The second-order valence-electron chi connectivity index (χ2n) is 5.23. The van der Waals surface area contributed by atoms with Crippen molar-refractivity contribution in [1.29, 1.82) is 0 Å². The molecule has 1 amide bonds. The van der Waals surface area contributed by atoms with Gasteiger partial charge in [-0.15, -0.1) is 0 Å². The third kappa shape index (κ3) is 3.56. The van der Waals surface area contributed by atoms with Gasteiger partial charge in [-0.25, -0.2) is 13.1 Å². The first kappa shape index (κ1) is 16.6. The molecular weight excluding hydrogens is 278 g/mol. The van der Waals surface area contributed by atoms with Crippen molar-refractivity contribution in [3.8, 4) is 0 Å². The lowest BCUT2D eigenvalue weighted by Crippen LogP contribution is -2.37. The van der Waals surface area contributed by atoms with Crippen LogP contribution in [0.4, 0.5) is 5.69 Å². The van der Waals surface area contributed by atoms with Gasteiger partial charge in [-0.1, -0.05) is 6.07 Å². The summed E-state index contributed by atoms with van der Waals surface area (Å²) in [6.07, 6.45) is 0. The molecule has 0 saturated carbocycles. The molecule has 0 saturated heterocycles. The molecule has 20 heavy (non-hydrogen) atoms. The van der Waals surface area contributed by atoms with E-state index in [0.29, 0.717) is 11.3 Å². The Hall–Kier alpha value is -1.44. The number of hydrogen-bond donors (Lipinski definition) is 3. The minimum absolute atomic E-state index is 0.142. The van der Waals surface area contributed by atoms with Gasteiger partial charge in [-0.05, 0) is 45.5 Å². The summed E-state index contributed by atoms with van der Waals surface area (Å²) in [5, 5.41) is 2.69. The van der Waals surface area contributed by atoms with Crippen LogP contribution in [0.15, 0.2) is 23.1 Å². The zero-order valence-corrected chi connectivity index (χ0v) is 13.0. The molecule has 0 radical (unpaired) electrons. The predicted molar refractivity (Wildman–Crippen MR) is 78.9 cm³/mol. The van der Waals surface area contributed by atoms with Crippen LogP contribution in [-0.2, 0) is 14.8 Å². The highest BCUT2D eigenvalue weighted by atomic mass is 32.2. The summed E-state index contributed by atoms with van der Waals surface area (Å²) in [4.78, 5) is 12.2. The van der Waals surface area contributed by atoms with Gasteiger partial charge >= 0.3 is 0 Å². The lowest BCUT2D eigenvalue weighted by molar-refractivity contribution is -0.123. The monoisotopic (exact) mass is 299 g/mol. The van der Waals surface area contributed by atoms with E-state index in [1.54, 1.807) is 32.9 Å². The van der Waals surface area contributed by atoms with Gasteiger partial charge in [0.25, 0.3) is 0 Å². The van der Waals surface area contributed by atoms with E-state index in [-0.39, 0.29) is 17.3 Å². The van der Waals surface area contributed by atoms with Gasteiger partial charge in [0.1, 0.15) is 0 Å². The predicted octanol–water partition coefficient (Wildman–Crippen LogP) is 0.827. The van der Waals surface area contributed by atoms with Crippen LogP contribution in [0.25, 0.3) is 0 Å². The zero-order chi connectivity index (χ0) is 15.6. The van der Waals surface area contributed by atoms with E-state index in [9.17, 15) is 13.2 Å². The number of aryl methyl sites for hydroxylation is 1. The van der Waals surface area contributed by atoms with Crippen LogP contribution in [0.3, 0.4) is 0 Å². The average Bonchev–Trinajstić information content (AvgIpc) is 2.40. The molecule has 0 fully saturated rings. The maximum Gasteiger partial charge on any atom is 0.240 e. The fourth-order valence-corrected chi connectivity index (χ4v) is 2.46. The highest BCUT2D eigenvalue weighted by Crippen LogP contribution is 2.22. The Balaban J connectivity index is 3.12. The molecule has 0 aliphatic rings. The maximum atomic E-state index is 12.0. The number of carbonyl (C=O) groups is 1. The van der Waals surface area contributed by atoms with Crippen LogP contribution in [0.2, 0.25) is 0 Å². The van der Waals surface area contributed by atoms with Crippen LogP contribution in [0, 0.1) is 12.3 Å². The van der Waals surface area contributed by atoms with Gasteiger partial charge in [-0.3, -0.25) is 4.79 Å². The minimum atomic E-state index is -3.55. The second-order valence-corrected chi connectivity index (χ2v) is 7.08. The Morgan fingerprint density at radius 1 is 1.35 bits per heavy atom.